The molecule has 1 N–H and O–H groups in total. The number of rotatable bonds is 5. The average molecular weight is 162 g/mol. The summed E-state index contributed by atoms with van der Waals surface area (Å²) in [6, 6.07) is 10.3. The molecule has 0 aliphatic rings. The summed E-state index contributed by atoms with van der Waals surface area (Å²) >= 11 is 0. The van der Waals surface area contributed by atoms with Gasteiger partial charge >= 0.3 is 0 Å². The minimum atomic E-state index is 1.06. The number of hydrogen-bond acceptors (Lipinski definition) is 1. The highest BCUT2D eigenvalue weighted by atomic mass is 14.9. The van der Waals surface area contributed by atoms with E-state index in [1.54, 1.807) is 0 Å². The Hall–Kier alpha value is -0.980. The van der Waals surface area contributed by atoms with E-state index in [9.17, 15) is 0 Å². The first kappa shape index (κ1) is 9.11. The Morgan fingerprint density at radius 1 is 1.25 bits per heavy atom. The molecule has 0 saturated carbocycles. The van der Waals surface area contributed by atoms with Gasteiger partial charge in [-0.3, -0.25) is 0 Å². The molecule has 0 bridgehead atoms. The fourth-order valence-corrected chi connectivity index (χ4v) is 1.09. The summed E-state index contributed by atoms with van der Waals surface area (Å²) in [6.45, 7) is 3.16. The van der Waals surface area contributed by atoms with Crippen LogP contribution in [-0.4, -0.2) is 6.54 Å². The first-order valence-corrected chi connectivity index (χ1v) is 4.50. The Morgan fingerprint density at radius 2 is 2.00 bits per heavy atom. The van der Waals surface area contributed by atoms with Crippen LogP contribution in [0, 0.1) is 6.42 Å². The summed E-state index contributed by atoms with van der Waals surface area (Å²) in [6.07, 6.45) is 4.61. The van der Waals surface area contributed by atoms with Gasteiger partial charge in [0, 0.05) is 12.2 Å². The van der Waals surface area contributed by atoms with Gasteiger partial charge in [-0.05, 0) is 31.4 Å². The van der Waals surface area contributed by atoms with Gasteiger partial charge in [0.15, 0.2) is 0 Å². The zero-order chi connectivity index (χ0) is 8.65. The quantitative estimate of drug-likeness (QED) is 0.656. The normalized spacial score (nSPS) is 9.75. The molecule has 0 unspecified atom stereocenters. The van der Waals surface area contributed by atoms with E-state index < -0.39 is 0 Å². The van der Waals surface area contributed by atoms with Crippen molar-refractivity contribution in [2.45, 2.75) is 19.8 Å². The molecule has 1 heteroatoms. The molecule has 1 nitrogen and oxygen atoms in total. The maximum absolute atomic E-state index is 3.36. The van der Waals surface area contributed by atoms with Crippen molar-refractivity contribution in [3.63, 3.8) is 0 Å². The lowest BCUT2D eigenvalue weighted by Gasteiger charge is -2.04. The predicted molar refractivity (Wildman–Crippen MR) is 54.1 cm³/mol. The molecule has 1 aromatic rings. The number of unbranched alkanes of at least 4 members (excludes halogenated alkanes) is 2. The molecule has 0 atom stereocenters. The molecular formula is C11H16N. The van der Waals surface area contributed by atoms with E-state index in [0.29, 0.717) is 0 Å². The van der Waals surface area contributed by atoms with Crippen LogP contribution in [0.15, 0.2) is 30.3 Å². The standard InChI is InChI=1S/C11H16N/c1-2-3-7-10-12-11-8-5-4-6-9-11/h2,4-6,8-9,12H,3,7,10H2,1H3. The summed E-state index contributed by atoms with van der Waals surface area (Å²) in [4.78, 5) is 0. The summed E-state index contributed by atoms with van der Waals surface area (Å²) in [5, 5.41) is 3.36. The highest BCUT2D eigenvalue weighted by molar-refractivity contribution is 5.42. The molecule has 0 aromatic heterocycles. The van der Waals surface area contributed by atoms with Crippen molar-refractivity contribution >= 4 is 5.69 Å². The van der Waals surface area contributed by atoms with Gasteiger partial charge in [0.2, 0.25) is 0 Å². The molecule has 1 aromatic carbocycles. The molecule has 1 radical (unpaired) electrons. The zero-order valence-corrected chi connectivity index (χ0v) is 7.59. The third kappa shape index (κ3) is 3.42. The Kier molecular flexibility index (Phi) is 4.28. The molecule has 0 aliphatic carbocycles. The first-order chi connectivity index (χ1) is 5.93. The van der Waals surface area contributed by atoms with E-state index in [1.807, 2.05) is 18.2 Å². The Labute approximate surface area is 74.8 Å². The second kappa shape index (κ2) is 5.64. The fraction of sp³-hybridized carbons (Fsp3) is 0.364. The minimum absolute atomic E-state index is 1.06. The monoisotopic (exact) mass is 162 g/mol. The lowest BCUT2D eigenvalue weighted by Crippen LogP contribution is -2.00. The van der Waals surface area contributed by atoms with Crippen LogP contribution in [-0.2, 0) is 0 Å². The van der Waals surface area contributed by atoms with E-state index in [4.69, 9.17) is 0 Å². The molecule has 0 heterocycles. The molecule has 0 fully saturated rings. The average Bonchev–Trinajstić information content (AvgIpc) is 2.14. The number of hydrogen-bond donors (Lipinski definition) is 1. The fourth-order valence-electron chi connectivity index (χ4n) is 1.09. The molecule has 0 amide bonds. The van der Waals surface area contributed by atoms with E-state index in [2.05, 4.69) is 30.8 Å². The Bertz CT molecular complexity index is 193. The Balaban J connectivity index is 2.16. The van der Waals surface area contributed by atoms with E-state index in [0.717, 1.165) is 6.54 Å². The molecule has 0 saturated heterocycles. The van der Waals surface area contributed by atoms with E-state index in [-0.39, 0.29) is 0 Å². The third-order valence-corrected chi connectivity index (χ3v) is 1.77. The topological polar surface area (TPSA) is 12.0 Å². The minimum Gasteiger partial charge on any atom is -0.385 e. The van der Waals surface area contributed by atoms with Crippen molar-refractivity contribution in [2.75, 3.05) is 11.9 Å². The smallest absolute Gasteiger partial charge is 0.0340 e. The molecule has 0 spiro atoms. The van der Waals surface area contributed by atoms with Crippen molar-refractivity contribution < 1.29 is 0 Å². The number of anilines is 1. The highest BCUT2D eigenvalue weighted by Gasteiger charge is 1.88. The zero-order valence-electron chi connectivity index (χ0n) is 7.59. The largest absolute Gasteiger partial charge is 0.385 e. The van der Waals surface area contributed by atoms with Gasteiger partial charge in [0.05, 0.1) is 0 Å². The van der Waals surface area contributed by atoms with Crippen LogP contribution < -0.4 is 5.32 Å². The van der Waals surface area contributed by atoms with Gasteiger partial charge in [-0.25, -0.2) is 0 Å². The van der Waals surface area contributed by atoms with Crippen molar-refractivity contribution in [1.29, 1.82) is 0 Å². The van der Waals surface area contributed by atoms with Crippen LogP contribution in [0.2, 0.25) is 0 Å². The number of benzene rings is 1. The lowest BCUT2D eigenvalue weighted by molar-refractivity contribution is 0.848. The summed E-state index contributed by atoms with van der Waals surface area (Å²) in [5.74, 6) is 0. The van der Waals surface area contributed by atoms with Crippen LogP contribution in [0.3, 0.4) is 0 Å². The van der Waals surface area contributed by atoms with Gasteiger partial charge < -0.3 is 5.32 Å². The van der Waals surface area contributed by atoms with E-state index >= 15 is 0 Å². The van der Waals surface area contributed by atoms with Crippen LogP contribution in [0.5, 0.6) is 0 Å². The number of para-hydroxylation sites is 1. The maximum Gasteiger partial charge on any atom is 0.0340 e. The van der Waals surface area contributed by atoms with Crippen LogP contribution in [0.25, 0.3) is 0 Å². The van der Waals surface area contributed by atoms with Gasteiger partial charge in [-0.15, -0.1) is 0 Å². The van der Waals surface area contributed by atoms with Crippen molar-refractivity contribution in [2.24, 2.45) is 0 Å². The molecule has 1 rings (SSSR count). The van der Waals surface area contributed by atoms with Crippen LogP contribution in [0.1, 0.15) is 19.8 Å². The first-order valence-electron chi connectivity index (χ1n) is 4.50. The van der Waals surface area contributed by atoms with E-state index in [1.165, 1.54) is 18.5 Å². The summed E-state index contributed by atoms with van der Waals surface area (Å²) in [7, 11) is 0. The molecular weight excluding hydrogens is 146 g/mol. The van der Waals surface area contributed by atoms with Gasteiger partial charge in [-0.2, -0.15) is 0 Å². The lowest BCUT2D eigenvalue weighted by atomic mass is 10.2. The molecule has 0 aliphatic heterocycles. The maximum atomic E-state index is 3.36. The van der Waals surface area contributed by atoms with Crippen molar-refractivity contribution in [3.05, 3.63) is 36.8 Å². The second-order valence-corrected chi connectivity index (χ2v) is 2.84. The third-order valence-electron chi connectivity index (χ3n) is 1.77. The highest BCUT2D eigenvalue weighted by Crippen LogP contribution is 2.05. The number of nitrogens with one attached hydrogen (secondary N) is 1. The SMILES string of the molecule is C[CH]CCCNc1ccccc1. The summed E-state index contributed by atoms with van der Waals surface area (Å²) in [5.41, 5.74) is 1.22. The Morgan fingerprint density at radius 3 is 2.67 bits per heavy atom. The van der Waals surface area contributed by atoms with Gasteiger partial charge in [0.25, 0.3) is 0 Å². The van der Waals surface area contributed by atoms with Crippen LogP contribution >= 0.6 is 0 Å². The van der Waals surface area contributed by atoms with Crippen molar-refractivity contribution in [1.82, 2.24) is 0 Å². The van der Waals surface area contributed by atoms with Crippen LogP contribution in [0.4, 0.5) is 5.69 Å². The van der Waals surface area contributed by atoms with Gasteiger partial charge in [0.1, 0.15) is 0 Å². The predicted octanol–water partition coefficient (Wildman–Crippen LogP) is 3.10. The molecule has 65 valence electrons. The molecule has 12 heavy (non-hydrogen) atoms. The van der Waals surface area contributed by atoms with Crippen molar-refractivity contribution in [3.8, 4) is 0 Å². The second-order valence-electron chi connectivity index (χ2n) is 2.84. The summed E-state index contributed by atoms with van der Waals surface area (Å²) < 4.78 is 0. The van der Waals surface area contributed by atoms with Gasteiger partial charge in [-0.1, -0.05) is 25.1 Å².